The number of nitrogens with two attached hydrogens (primary N) is 1. The number of fused-ring (bicyclic) bond motifs is 2. The molecule has 0 radical (unpaired) electrons. The van der Waals surface area contributed by atoms with E-state index in [1.165, 1.54) is 0 Å². The van der Waals surface area contributed by atoms with Crippen molar-refractivity contribution >= 4 is 34.8 Å². The van der Waals surface area contributed by atoms with Crippen LogP contribution in [-0.4, -0.2) is 45.0 Å². The van der Waals surface area contributed by atoms with E-state index in [1.807, 2.05) is 24.3 Å². The quantitative estimate of drug-likeness (QED) is 0.149. The Kier molecular flexibility index (Phi) is 9.97. The van der Waals surface area contributed by atoms with Crippen LogP contribution in [0.25, 0.3) is 22.0 Å². The van der Waals surface area contributed by atoms with Crippen LogP contribution in [-0.2, 0) is 34.0 Å². The van der Waals surface area contributed by atoms with E-state index in [9.17, 15) is 23.2 Å². The van der Waals surface area contributed by atoms with Gasteiger partial charge < -0.3 is 25.4 Å². The average Bonchev–Trinajstić information content (AvgIpc) is 3.46. The van der Waals surface area contributed by atoms with Crippen LogP contribution in [0.2, 0.25) is 0 Å². The number of alkyl carbamates (subject to hydrolysis) is 1. The minimum absolute atomic E-state index is 0.0648. The summed E-state index contributed by atoms with van der Waals surface area (Å²) in [5.74, 6) is -3.06. The summed E-state index contributed by atoms with van der Waals surface area (Å²) in [4.78, 5) is 48.1. The van der Waals surface area contributed by atoms with Gasteiger partial charge in [-0.15, -0.1) is 0 Å². The predicted octanol–water partition coefficient (Wildman–Crippen LogP) is 6.44. The third kappa shape index (κ3) is 8.37. The molecule has 0 saturated heterocycles. The number of unbranched alkanes of at least 4 members (excludes halogenated alkanes) is 2. The van der Waals surface area contributed by atoms with Crippen LogP contribution in [0.5, 0.6) is 0 Å². The summed E-state index contributed by atoms with van der Waals surface area (Å²) in [6, 6.07) is 14.7. The van der Waals surface area contributed by atoms with Gasteiger partial charge in [0.15, 0.2) is 11.6 Å². The van der Waals surface area contributed by atoms with E-state index < -0.39 is 29.3 Å². The number of esters is 1. The Morgan fingerprint density at radius 2 is 1.64 bits per heavy atom. The van der Waals surface area contributed by atoms with Crippen molar-refractivity contribution in [3.63, 3.8) is 0 Å². The summed E-state index contributed by atoms with van der Waals surface area (Å²) in [5, 5.41) is 3.06. The molecule has 3 N–H and O–H groups in total. The van der Waals surface area contributed by atoms with E-state index in [2.05, 4.69) is 15.3 Å². The van der Waals surface area contributed by atoms with Gasteiger partial charge in [0.05, 0.1) is 5.52 Å². The van der Waals surface area contributed by atoms with Gasteiger partial charge in [-0.3, -0.25) is 9.59 Å². The SMILES string of the molecule is CC(C)(C)OC(=O)NCCCCCC(=O)OCc1cc(F)c(F)cc1-c1ccc2nc(N)nc(C(=O)N3Cc4ccccc4C3)c2c1. The van der Waals surface area contributed by atoms with Crippen LogP contribution in [0, 0.1) is 11.6 Å². The lowest BCUT2D eigenvalue weighted by Gasteiger charge is -2.19. The average molecular weight is 646 g/mol. The van der Waals surface area contributed by atoms with Gasteiger partial charge in [-0.2, -0.15) is 0 Å². The molecule has 10 nitrogen and oxygen atoms in total. The fraction of sp³-hybridized carbons (Fsp3) is 0.343. The van der Waals surface area contributed by atoms with Crippen molar-refractivity contribution in [1.29, 1.82) is 0 Å². The van der Waals surface area contributed by atoms with E-state index in [0.29, 0.717) is 55.4 Å². The first-order valence-corrected chi connectivity index (χ1v) is 15.4. The van der Waals surface area contributed by atoms with Crippen molar-refractivity contribution < 1.29 is 32.6 Å². The molecule has 0 atom stereocenters. The highest BCUT2D eigenvalue weighted by molar-refractivity contribution is 6.06. The second-order valence-corrected chi connectivity index (χ2v) is 12.4. The molecule has 0 spiro atoms. The van der Waals surface area contributed by atoms with E-state index in [4.69, 9.17) is 15.2 Å². The van der Waals surface area contributed by atoms with Gasteiger partial charge in [0.25, 0.3) is 5.91 Å². The maximum atomic E-state index is 14.5. The molecule has 3 aromatic carbocycles. The van der Waals surface area contributed by atoms with Crippen molar-refractivity contribution in [1.82, 2.24) is 20.2 Å². The zero-order chi connectivity index (χ0) is 33.7. The largest absolute Gasteiger partial charge is 0.461 e. The summed E-state index contributed by atoms with van der Waals surface area (Å²) in [6.07, 6.45) is 1.45. The van der Waals surface area contributed by atoms with Crippen molar-refractivity contribution in [2.75, 3.05) is 12.3 Å². The lowest BCUT2D eigenvalue weighted by atomic mass is 9.97. The van der Waals surface area contributed by atoms with Gasteiger partial charge in [0.1, 0.15) is 17.9 Å². The number of ether oxygens (including phenoxy) is 2. The molecule has 0 fully saturated rings. The standard InChI is InChI=1S/C35H37F2N5O5/c1-35(2,3)47-34(45)39-14-8-4-5-11-30(43)46-20-24-16-27(36)28(37)17-25(24)21-12-13-29-26(15-21)31(41-33(38)40-29)32(44)42-18-22-9-6-7-10-23(22)19-42/h6-7,9-10,12-13,15-17H,4-5,8,11,14,18-20H2,1-3H3,(H,39,45)(H2,38,40,41). The van der Waals surface area contributed by atoms with Gasteiger partial charge in [0, 0.05) is 37.0 Å². The minimum Gasteiger partial charge on any atom is -0.461 e. The van der Waals surface area contributed by atoms with Crippen LogP contribution in [0.1, 0.15) is 73.6 Å². The van der Waals surface area contributed by atoms with Gasteiger partial charge in [0.2, 0.25) is 5.95 Å². The highest BCUT2D eigenvalue weighted by atomic mass is 19.2. The molecule has 0 bridgehead atoms. The van der Waals surface area contributed by atoms with Crippen molar-refractivity contribution in [2.24, 2.45) is 0 Å². The van der Waals surface area contributed by atoms with Crippen LogP contribution >= 0.6 is 0 Å². The summed E-state index contributed by atoms with van der Waals surface area (Å²) < 4.78 is 39.5. The van der Waals surface area contributed by atoms with Gasteiger partial charge >= 0.3 is 12.1 Å². The number of hydrogen-bond acceptors (Lipinski definition) is 8. The predicted molar refractivity (Wildman–Crippen MR) is 172 cm³/mol. The number of hydrogen-bond donors (Lipinski definition) is 2. The van der Waals surface area contributed by atoms with Crippen LogP contribution < -0.4 is 11.1 Å². The third-order valence-electron chi connectivity index (χ3n) is 7.62. The highest BCUT2D eigenvalue weighted by Crippen LogP contribution is 2.32. The Labute approximate surface area is 271 Å². The summed E-state index contributed by atoms with van der Waals surface area (Å²) in [5.41, 5.74) is 8.97. The number of carbonyl (C=O) groups excluding carboxylic acids is 3. The molecule has 0 saturated carbocycles. The molecule has 0 aliphatic carbocycles. The molecule has 1 aliphatic heterocycles. The molecule has 5 rings (SSSR count). The number of nitrogen functional groups attached to an aromatic ring is 1. The topological polar surface area (TPSA) is 137 Å². The summed E-state index contributed by atoms with van der Waals surface area (Å²) in [6.45, 7) is 6.29. The molecule has 1 aromatic heterocycles. The number of carbonyl (C=O) groups is 3. The molecule has 246 valence electrons. The first-order valence-electron chi connectivity index (χ1n) is 15.4. The monoisotopic (exact) mass is 645 g/mol. The smallest absolute Gasteiger partial charge is 0.407 e. The number of rotatable bonds is 10. The Balaban J connectivity index is 1.27. The molecular formula is C35H37F2N5O5. The maximum absolute atomic E-state index is 14.5. The number of nitrogens with one attached hydrogen (secondary N) is 1. The van der Waals surface area contributed by atoms with Crippen LogP contribution in [0.15, 0.2) is 54.6 Å². The van der Waals surface area contributed by atoms with Crippen molar-refractivity contribution in [3.05, 3.63) is 88.6 Å². The Morgan fingerprint density at radius 1 is 0.936 bits per heavy atom. The second kappa shape index (κ2) is 14.1. The number of anilines is 1. The normalized spacial score (nSPS) is 12.6. The lowest BCUT2D eigenvalue weighted by Crippen LogP contribution is -2.32. The fourth-order valence-electron chi connectivity index (χ4n) is 5.39. The Morgan fingerprint density at radius 3 is 2.34 bits per heavy atom. The van der Waals surface area contributed by atoms with Crippen LogP contribution in [0.4, 0.5) is 19.5 Å². The number of nitrogens with zero attached hydrogens (tertiary/aromatic N) is 3. The maximum Gasteiger partial charge on any atom is 0.407 e. The number of aromatic nitrogens is 2. The van der Waals surface area contributed by atoms with E-state index in [-0.39, 0.29) is 41.7 Å². The first kappa shape index (κ1) is 33.2. The lowest BCUT2D eigenvalue weighted by molar-refractivity contribution is -0.145. The minimum atomic E-state index is -1.08. The molecule has 4 aromatic rings. The van der Waals surface area contributed by atoms with E-state index in [0.717, 1.165) is 23.3 Å². The Bertz CT molecular complexity index is 1800. The third-order valence-corrected chi connectivity index (χ3v) is 7.62. The van der Waals surface area contributed by atoms with Gasteiger partial charge in [-0.1, -0.05) is 36.8 Å². The van der Waals surface area contributed by atoms with Gasteiger partial charge in [-0.25, -0.2) is 23.5 Å². The molecule has 0 unspecified atom stereocenters. The van der Waals surface area contributed by atoms with Crippen molar-refractivity contribution in [2.45, 2.75) is 71.8 Å². The molecule has 2 heterocycles. The molecule has 47 heavy (non-hydrogen) atoms. The summed E-state index contributed by atoms with van der Waals surface area (Å²) >= 11 is 0. The number of halogens is 2. The summed E-state index contributed by atoms with van der Waals surface area (Å²) in [7, 11) is 0. The van der Waals surface area contributed by atoms with E-state index in [1.54, 1.807) is 43.9 Å². The Hall–Kier alpha value is -5.13. The molecule has 1 aliphatic rings. The highest BCUT2D eigenvalue weighted by Gasteiger charge is 2.27. The number of amides is 2. The van der Waals surface area contributed by atoms with Crippen molar-refractivity contribution in [3.8, 4) is 11.1 Å². The van der Waals surface area contributed by atoms with E-state index >= 15 is 0 Å². The zero-order valence-corrected chi connectivity index (χ0v) is 26.6. The van der Waals surface area contributed by atoms with Crippen LogP contribution in [0.3, 0.4) is 0 Å². The first-order chi connectivity index (χ1) is 22.4. The fourth-order valence-corrected chi connectivity index (χ4v) is 5.39. The molecular weight excluding hydrogens is 608 g/mol. The second-order valence-electron chi connectivity index (χ2n) is 12.4. The number of benzene rings is 3. The molecule has 12 heteroatoms. The zero-order valence-electron chi connectivity index (χ0n) is 26.6. The van der Waals surface area contributed by atoms with Gasteiger partial charge in [-0.05, 0) is 80.1 Å². The molecule has 2 amide bonds.